The number of aliphatic carboxylic acids is 1. The van der Waals surface area contributed by atoms with E-state index in [1.807, 2.05) is 6.07 Å². The highest BCUT2D eigenvalue weighted by Gasteiger charge is 2.19. The molecule has 2 N–H and O–H groups in total. The van der Waals surface area contributed by atoms with E-state index in [2.05, 4.69) is 5.32 Å². The van der Waals surface area contributed by atoms with Gasteiger partial charge in [0.15, 0.2) is 0 Å². The smallest absolute Gasteiger partial charge is 0.326 e. The van der Waals surface area contributed by atoms with Crippen LogP contribution in [-0.2, 0) is 19.1 Å². The number of amides is 1. The highest BCUT2D eigenvalue weighted by Crippen LogP contribution is 2.03. The monoisotopic (exact) mass is 272 g/mol. The average Bonchev–Trinajstić information content (AvgIpc) is 2.38. The molecule has 0 saturated heterocycles. The van der Waals surface area contributed by atoms with Crippen LogP contribution in [0.2, 0.25) is 0 Å². The molecule has 0 spiro atoms. The first-order valence-corrected chi connectivity index (χ1v) is 6.07. The van der Waals surface area contributed by atoms with Crippen molar-refractivity contribution in [3.8, 4) is 6.07 Å². The van der Waals surface area contributed by atoms with E-state index in [0.29, 0.717) is 32.3 Å². The minimum atomic E-state index is -1.08. The Morgan fingerprint density at radius 2 is 2.11 bits per heavy atom. The topological polar surface area (TPSA) is 109 Å². The molecule has 0 radical (unpaired) electrons. The summed E-state index contributed by atoms with van der Waals surface area (Å²) in [4.78, 5) is 22.4. The van der Waals surface area contributed by atoms with Gasteiger partial charge < -0.3 is 19.9 Å². The van der Waals surface area contributed by atoms with Crippen LogP contribution >= 0.6 is 0 Å². The number of carbonyl (C=O) groups excluding carboxylic acids is 1. The van der Waals surface area contributed by atoms with Crippen LogP contribution < -0.4 is 5.32 Å². The minimum Gasteiger partial charge on any atom is -0.480 e. The van der Waals surface area contributed by atoms with Gasteiger partial charge in [0, 0.05) is 13.5 Å². The van der Waals surface area contributed by atoms with E-state index < -0.39 is 17.9 Å². The van der Waals surface area contributed by atoms with Crippen LogP contribution in [-0.4, -0.2) is 50.0 Å². The van der Waals surface area contributed by atoms with Gasteiger partial charge in [0.25, 0.3) is 0 Å². The molecule has 19 heavy (non-hydrogen) atoms. The Balaban J connectivity index is 3.88. The molecule has 1 amide bonds. The van der Waals surface area contributed by atoms with E-state index >= 15 is 0 Å². The molecule has 108 valence electrons. The molecule has 1 atom stereocenters. The summed E-state index contributed by atoms with van der Waals surface area (Å²) in [5.74, 6) is -1.55. The maximum absolute atomic E-state index is 11.4. The molecule has 0 aliphatic heterocycles. The maximum atomic E-state index is 11.4. The summed E-state index contributed by atoms with van der Waals surface area (Å²) in [7, 11) is 1.52. The van der Waals surface area contributed by atoms with Gasteiger partial charge >= 0.3 is 5.97 Å². The second kappa shape index (κ2) is 11.4. The van der Waals surface area contributed by atoms with Crippen molar-refractivity contribution in [3.63, 3.8) is 0 Å². The average molecular weight is 272 g/mol. The molecule has 7 heteroatoms. The number of hydrogen-bond acceptors (Lipinski definition) is 5. The van der Waals surface area contributed by atoms with Crippen molar-refractivity contribution in [3.05, 3.63) is 0 Å². The van der Waals surface area contributed by atoms with Crippen LogP contribution in [0.25, 0.3) is 0 Å². The summed E-state index contributed by atoms with van der Waals surface area (Å²) in [6, 6.07) is 1.05. The number of nitrogens with zero attached hydrogens (tertiary/aromatic N) is 1. The lowest BCUT2D eigenvalue weighted by Crippen LogP contribution is -2.42. The van der Waals surface area contributed by atoms with Gasteiger partial charge in [-0.1, -0.05) is 0 Å². The van der Waals surface area contributed by atoms with Gasteiger partial charge in [0.1, 0.15) is 12.6 Å². The van der Waals surface area contributed by atoms with Crippen LogP contribution in [0.4, 0.5) is 0 Å². The van der Waals surface area contributed by atoms with Crippen molar-refractivity contribution in [1.29, 1.82) is 5.26 Å². The molecule has 0 aromatic rings. The molecular formula is C12H20N2O5. The summed E-state index contributed by atoms with van der Waals surface area (Å²) >= 11 is 0. The standard InChI is InChI=1S/C12H20N2O5/c1-18-7-8-19-9-11(15)14-10(12(16)17)5-3-2-4-6-13/h10H,2-5,7-9H2,1H3,(H,14,15)(H,16,17)/t10-/m1/s1. The van der Waals surface area contributed by atoms with Gasteiger partial charge in [-0.2, -0.15) is 5.26 Å². The zero-order valence-electron chi connectivity index (χ0n) is 11.1. The number of rotatable bonds is 11. The predicted molar refractivity (Wildman–Crippen MR) is 66.3 cm³/mol. The summed E-state index contributed by atoms with van der Waals surface area (Å²) in [6.07, 6.45) is 1.90. The molecule has 0 aromatic heterocycles. The Hall–Kier alpha value is -1.65. The Kier molecular flexibility index (Phi) is 10.4. The molecule has 0 unspecified atom stereocenters. The minimum absolute atomic E-state index is 0.189. The van der Waals surface area contributed by atoms with Gasteiger partial charge in [-0.25, -0.2) is 4.79 Å². The number of carboxylic acid groups (broad SMARTS) is 1. The number of hydrogen-bond donors (Lipinski definition) is 2. The summed E-state index contributed by atoms with van der Waals surface area (Å²) < 4.78 is 9.73. The molecule has 0 aromatic carbocycles. The molecule has 0 heterocycles. The van der Waals surface area contributed by atoms with E-state index in [9.17, 15) is 9.59 Å². The van der Waals surface area contributed by atoms with Gasteiger partial charge in [-0.05, 0) is 19.3 Å². The highest BCUT2D eigenvalue weighted by atomic mass is 16.5. The Bertz CT molecular complexity index is 314. The summed E-state index contributed by atoms with van der Waals surface area (Å²) in [5, 5.41) is 19.7. The Labute approximate surface area is 112 Å². The number of carboxylic acids is 1. The number of carbonyl (C=O) groups is 2. The second-order valence-corrected chi connectivity index (χ2v) is 3.91. The summed E-state index contributed by atoms with van der Waals surface area (Å²) in [5.41, 5.74) is 0. The van der Waals surface area contributed by atoms with E-state index in [1.54, 1.807) is 0 Å². The summed E-state index contributed by atoms with van der Waals surface area (Å²) in [6.45, 7) is 0.471. The fourth-order valence-electron chi connectivity index (χ4n) is 1.35. The number of methoxy groups -OCH3 is 1. The Morgan fingerprint density at radius 3 is 2.68 bits per heavy atom. The van der Waals surface area contributed by atoms with Gasteiger partial charge in [0.05, 0.1) is 19.3 Å². The van der Waals surface area contributed by atoms with Crippen LogP contribution in [0, 0.1) is 11.3 Å². The van der Waals surface area contributed by atoms with Crippen molar-refractivity contribution >= 4 is 11.9 Å². The maximum Gasteiger partial charge on any atom is 0.326 e. The first kappa shape index (κ1) is 17.4. The molecule has 0 aliphatic carbocycles. The fourth-order valence-corrected chi connectivity index (χ4v) is 1.35. The molecule has 0 saturated carbocycles. The molecule has 7 nitrogen and oxygen atoms in total. The van der Waals surface area contributed by atoms with Gasteiger partial charge in [-0.3, -0.25) is 4.79 Å². The van der Waals surface area contributed by atoms with E-state index in [-0.39, 0.29) is 13.2 Å². The highest BCUT2D eigenvalue weighted by molar-refractivity contribution is 5.84. The zero-order valence-corrected chi connectivity index (χ0v) is 11.1. The largest absolute Gasteiger partial charge is 0.480 e. The van der Waals surface area contributed by atoms with Crippen molar-refractivity contribution < 1.29 is 24.2 Å². The number of ether oxygens (including phenoxy) is 2. The van der Waals surface area contributed by atoms with Crippen molar-refractivity contribution in [2.45, 2.75) is 31.7 Å². The number of nitrogens with one attached hydrogen (secondary N) is 1. The lowest BCUT2D eigenvalue weighted by atomic mass is 10.1. The van der Waals surface area contributed by atoms with E-state index in [0.717, 1.165) is 0 Å². The van der Waals surface area contributed by atoms with Crippen molar-refractivity contribution in [2.75, 3.05) is 26.9 Å². The first-order chi connectivity index (χ1) is 9.11. The SMILES string of the molecule is COCCOCC(=O)N[C@H](CCCCC#N)C(=O)O. The normalized spacial score (nSPS) is 11.6. The first-order valence-electron chi connectivity index (χ1n) is 6.07. The van der Waals surface area contributed by atoms with Gasteiger partial charge in [-0.15, -0.1) is 0 Å². The lowest BCUT2D eigenvalue weighted by molar-refractivity contribution is -0.142. The van der Waals surface area contributed by atoms with E-state index in [1.165, 1.54) is 7.11 Å². The second-order valence-electron chi connectivity index (χ2n) is 3.91. The molecule has 0 bridgehead atoms. The predicted octanol–water partition coefficient (Wildman–Crippen LogP) is 0.303. The third kappa shape index (κ3) is 10.00. The molecular weight excluding hydrogens is 252 g/mol. The molecule has 0 fully saturated rings. The van der Waals surface area contributed by atoms with Crippen molar-refractivity contribution in [1.82, 2.24) is 5.32 Å². The third-order valence-electron chi connectivity index (χ3n) is 2.33. The molecule has 0 aliphatic rings. The van der Waals surface area contributed by atoms with Crippen LogP contribution in [0.3, 0.4) is 0 Å². The third-order valence-corrected chi connectivity index (χ3v) is 2.33. The molecule has 0 rings (SSSR count). The van der Waals surface area contributed by atoms with Crippen molar-refractivity contribution in [2.24, 2.45) is 0 Å². The van der Waals surface area contributed by atoms with Gasteiger partial charge in [0.2, 0.25) is 5.91 Å². The lowest BCUT2D eigenvalue weighted by Gasteiger charge is -2.14. The quantitative estimate of drug-likeness (QED) is 0.524. The van der Waals surface area contributed by atoms with E-state index in [4.69, 9.17) is 19.8 Å². The van der Waals surface area contributed by atoms with Crippen LogP contribution in [0.15, 0.2) is 0 Å². The fraction of sp³-hybridized carbons (Fsp3) is 0.750. The van der Waals surface area contributed by atoms with Crippen LogP contribution in [0.1, 0.15) is 25.7 Å². The Morgan fingerprint density at radius 1 is 1.37 bits per heavy atom. The zero-order chi connectivity index (χ0) is 14.5. The number of nitriles is 1. The van der Waals surface area contributed by atoms with Crippen LogP contribution in [0.5, 0.6) is 0 Å². The number of unbranched alkanes of at least 4 members (excludes halogenated alkanes) is 2.